The van der Waals surface area contributed by atoms with Crippen LogP contribution in [-0.2, 0) is 6.42 Å². The predicted octanol–water partition coefficient (Wildman–Crippen LogP) is 2.69. The molecule has 0 spiro atoms. The van der Waals surface area contributed by atoms with Crippen LogP contribution in [0.1, 0.15) is 25.2 Å². The lowest BCUT2D eigenvalue weighted by atomic mass is 9.99. The molecule has 0 amide bonds. The Hall–Kier alpha value is -0.870. The highest BCUT2D eigenvalue weighted by Gasteiger charge is 2.17. The van der Waals surface area contributed by atoms with Crippen LogP contribution in [0.3, 0.4) is 0 Å². The van der Waals surface area contributed by atoms with Gasteiger partial charge in [-0.3, -0.25) is 0 Å². The number of pyridine rings is 1. The lowest BCUT2D eigenvalue weighted by molar-refractivity contribution is 0.507. The van der Waals surface area contributed by atoms with Gasteiger partial charge in [0.2, 0.25) is 0 Å². The van der Waals surface area contributed by atoms with E-state index in [2.05, 4.69) is 25.3 Å². The second kappa shape index (κ2) is 3.86. The van der Waals surface area contributed by atoms with Crippen LogP contribution in [-0.4, -0.2) is 14.9 Å². The fourth-order valence-electron chi connectivity index (χ4n) is 1.83. The Labute approximate surface area is 104 Å². The van der Waals surface area contributed by atoms with Gasteiger partial charge >= 0.3 is 0 Å². The van der Waals surface area contributed by atoms with Gasteiger partial charge in [0.1, 0.15) is 5.65 Å². The number of imidazole rings is 1. The van der Waals surface area contributed by atoms with E-state index in [4.69, 9.17) is 5.73 Å². The molecule has 0 aliphatic carbocycles. The van der Waals surface area contributed by atoms with Crippen molar-refractivity contribution in [2.45, 2.75) is 32.7 Å². The number of aromatic nitrogens is 2. The Morgan fingerprint density at radius 3 is 2.75 bits per heavy atom. The standard InChI is InChI=1S/C12H16BrN3/c1-8-10(6-12(2,3)14)16-7-9(13)4-5-11(16)15-8/h4-5,7H,6,14H2,1-3H3. The normalized spacial score (nSPS) is 12.3. The Bertz CT molecular complexity index is 523. The third-order valence-electron chi connectivity index (χ3n) is 2.50. The summed E-state index contributed by atoms with van der Waals surface area (Å²) in [5, 5.41) is 0. The first-order chi connectivity index (χ1) is 7.37. The Balaban J connectivity index is 2.58. The molecule has 86 valence electrons. The fraction of sp³-hybridized carbons (Fsp3) is 0.417. The van der Waals surface area contributed by atoms with E-state index >= 15 is 0 Å². The highest BCUT2D eigenvalue weighted by Crippen LogP contribution is 2.19. The zero-order valence-electron chi connectivity index (χ0n) is 9.79. The maximum atomic E-state index is 6.07. The van der Waals surface area contributed by atoms with Gasteiger partial charge in [0.25, 0.3) is 0 Å². The zero-order valence-corrected chi connectivity index (χ0v) is 11.4. The minimum absolute atomic E-state index is 0.219. The first-order valence-corrected chi connectivity index (χ1v) is 6.08. The van der Waals surface area contributed by atoms with Gasteiger partial charge in [-0.15, -0.1) is 0 Å². The molecule has 4 heteroatoms. The molecule has 0 fully saturated rings. The summed E-state index contributed by atoms with van der Waals surface area (Å²) in [6, 6.07) is 4.00. The van der Waals surface area contributed by atoms with E-state index in [1.807, 2.05) is 39.1 Å². The molecule has 0 bridgehead atoms. The van der Waals surface area contributed by atoms with Crippen molar-refractivity contribution in [3.63, 3.8) is 0 Å². The minimum Gasteiger partial charge on any atom is -0.325 e. The molecule has 0 atom stereocenters. The average Bonchev–Trinajstić information content (AvgIpc) is 2.42. The fourth-order valence-corrected chi connectivity index (χ4v) is 2.17. The van der Waals surface area contributed by atoms with Crippen LogP contribution in [0, 0.1) is 6.92 Å². The quantitative estimate of drug-likeness (QED) is 0.920. The molecule has 0 unspecified atom stereocenters. The largest absolute Gasteiger partial charge is 0.325 e. The van der Waals surface area contributed by atoms with Gasteiger partial charge in [0.15, 0.2) is 0 Å². The lowest BCUT2D eigenvalue weighted by Gasteiger charge is -2.18. The first kappa shape index (κ1) is 11.6. The highest BCUT2D eigenvalue weighted by molar-refractivity contribution is 9.10. The van der Waals surface area contributed by atoms with Crippen molar-refractivity contribution < 1.29 is 0 Å². The van der Waals surface area contributed by atoms with Gasteiger partial charge in [0, 0.05) is 28.3 Å². The molecule has 2 rings (SSSR count). The summed E-state index contributed by atoms with van der Waals surface area (Å²) in [6.07, 6.45) is 2.85. The van der Waals surface area contributed by atoms with Gasteiger partial charge in [-0.25, -0.2) is 4.98 Å². The van der Waals surface area contributed by atoms with E-state index in [-0.39, 0.29) is 5.54 Å². The van der Waals surface area contributed by atoms with Crippen LogP contribution in [0.5, 0.6) is 0 Å². The minimum atomic E-state index is -0.219. The van der Waals surface area contributed by atoms with Crippen molar-refractivity contribution in [3.05, 3.63) is 34.2 Å². The van der Waals surface area contributed by atoms with Crippen LogP contribution >= 0.6 is 15.9 Å². The van der Waals surface area contributed by atoms with Gasteiger partial charge in [-0.05, 0) is 48.8 Å². The second-order valence-corrected chi connectivity index (χ2v) is 5.80. The van der Waals surface area contributed by atoms with Crippen LogP contribution in [0.15, 0.2) is 22.8 Å². The summed E-state index contributed by atoms with van der Waals surface area (Å²) in [4.78, 5) is 4.52. The number of aryl methyl sites for hydroxylation is 1. The Morgan fingerprint density at radius 2 is 2.12 bits per heavy atom. The summed E-state index contributed by atoms with van der Waals surface area (Å²) in [7, 11) is 0. The lowest BCUT2D eigenvalue weighted by Crippen LogP contribution is -2.35. The zero-order chi connectivity index (χ0) is 11.9. The third-order valence-corrected chi connectivity index (χ3v) is 2.97. The number of hydrogen-bond donors (Lipinski definition) is 1. The van der Waals surface area contributed by atoms with Crippen LogP contribution in [0.25, 0.3) is 5.65 Å². The molecule has 2 N–H and O–H groups in total. The van der Waals surface area contributed by atoms with Gasteiger partial charge in [-0.1, -0.05) is 0 Å². The molecule has 0 saturated heterocycles. The first-order valence-electron chi connectivity index (χ1n) is 5.29. The summed E-state index contributed by atoms with van der Waals surface area (Å²) < 4.78 is 3.15. The number of nitrogens with two attached hydrogens (primary N) is 1. The SMILES string of the molecule is Cc1nc2ccc(Br)cn2c1CC(C)(C)N. The number of hydrogen-bond acceptors (Lipinski definition) is 2. The smallest absolute Gasteiger partial charge is 0.137 e. The van der Waals surface area contributed by atoms with E-state index < -0.39 is 0 Å². The second-order valence-electron chi connectivity index (χ2n) is 4.88. The molecule has 16 heavy (non-hydrogen) atoms. The number of rotatable bonds is 2. The maximum absolute atomic E-state index is 6.07. The van der Waals surface area contributed by atoms with E-state index in [0.717, 1.165) is 22.2 Å². The van der Waals surface area contributed by atoms with Crippen molar-refractivity contribution >= 4 is 21.6 Å². The molecule has 2 aromatic heterocycles. The monoisotopic (exact) mass is 281 g/mol. The summed E-state index contributed by atoms with van der Waals surface area (Å²) in [5.41, 5.74) is 9.06. The third kappa shape index (κ3) is 2.28. The van der Waals surface area contributed by atoms with Crippen LogP contribution in [0.2, 0.25) is 0 Å². The van der Waals surface area contributed by atoms with Crippen molar-refractivity contribution in [1.82, 2.24) is 9.38 Å². The maximum Gasteiger partial charge on any atom is 0.137 e. The highest BCUT2D eigenvalue weighted by atomic mass is 79.9. The molecule has 2 aromatic rings. The Kier molecular flexibility index (Phi) is 2.80. The molecule has 2 heterocycles. The molecule has 0 aliphatic heterocycles. The molecular weight excluding hydrogens is 266 g/mol. The van der Waals surface area contributed by atoms with Gasteiger partial charge in [-0.2, -0.15) is 0 Å². The van der Waals surface area contributed by atoms with Gasteiger partial charge < -0.3 is 10.1 Å². The summed E-state index contributed by atoms with van der Waals surface area (Å²) >= 11 is 3.48. The van der Waals surface area contributed by atoms with E-state index in [1.165, 1.54) is 5.69 Å². The van der Waals surface area contributed by atoms with E-state index in [0.29, 0.717) is 0 Å². The van der Waals surface area contributed by atoms with E-state index in [1.54, 1.807) is 0 Å². The number of halogens is 1. The van der Waals surface area contributed by atoms with Crippen LogP contribution in [0.4, 0.5) is 0 Å². The molecule has 0 aliphatic rings. The predicted molar refractivity (Wildman–Crippen MR) is 69.6 cm³/mol. The van der Waals surface area contributed by atoms with Crippen LogP contribution < -0.4 is 5.73 Å². The van der Waals surface area contributed by atoms with Crippen molar-refractivity contribution in [3.8, 4) is 0 Å². The molecule has 0 aromatic carbocycles. The van der Waals surface area contributed by atoms with Gasteiger partial charge in [0.05, 0.1) is 5.69 Å². The Morgan fingerprint density at radius 1 is 1.44 bits per heavy atom. The topological polar surface area (TPSA) is 43.3 Å². The molecular formula is C12H16BrN3. The number of nitrogens with zero attached hydrogens (tertiary/aromatic N) is 2. The molecule has 0 radical (unpaired) electrons. The van der Waals surface area contributed by atoms with Crippen molar-refractivity contribution in [1.29, 1.82) is 0 Å². The average molecular weight is 282 g/mol. The van der Waals surface area contributed by atoms with Crippen molar-refractivity contribution in [2.24, 2.45) is 5.73 Å². The summed E-state index contributed by atoms with van der Waals surface area (Å²) in [5.74, 6) is 0. The van der Waals surface area contributed by atoms with E-state index in [9.17, 15) is 0 Å². The van der Waals surface area contributed by atoms with Crippen molar-refractivity contribution in [2.75, 3.05) is 0 Å². The number of fused-ring (bicyclic) bond motifs is 1. The molecule has 3 nitrogen and oxygen atoms in total. The summed E-state index contributed by atoms with van der Waals surface area (Å²) in [6.45, 7) is 6.09. The molecule has 0 saturated carbocycles.